The predicted molar refractivity (Wildman–Crippen MR) is 173 cm³/mol. The molecule has 0 saturated carbocycles. The van der Waals surface area contributed by atoms with Crippen molar-refractivity contribution in [1.29, 1.82) is 5.26 Å². The molecule has 5 rings (SSSR count). The lowest BCUT2D eigenvalue weighted by molar-refractivity contribution is 0.0802. The number of rotatable bonds is 12. The second-order valence-electron chi connectivity index (χ2n) is 12.4. The standard InChI is InChI=1S/C37H43F2N3O3/c1-27(43)28-5-14-35(36(25-28)44-2)45-24-4-3-19-37(26-40,29-15-20-41(21-16-29)33-10-6-31(38)7-11-33)30-17-22-42(23-18-30)34-12-8-32(39)9-13-34/h5-14,25,29-30H,3-4,15-24H2,1-2H3. The van der Waals surface area contributed by atoms with Crippen molar-refractivity contribution in [1.82, 2.24) is 0 Å². The van der Waals surface area contributed by atoms with Gasteiger partial charge in [-0.1, -0.05) is 0 Å². The number of Topliss-reactive ketones (excluding diaryl/α,β-unsaturated/α-hetero) is 1. The maximum atomic E-state index is 13.5. The number of carbonyl (C=O) groups is 1. The molecule has 2 aliphatic heterocycles. The van der Waals surface area contributed by atoms with Crippen LogP contribution in [0.5, 0.6) is 11.5 Å². The van der Waals surface area contributed by atoms with E-state index in [-0.39, 0.29) is 29.3 Å². The number of hydrogen-bond donors (Lipinski definition) is 0. The molecule has 2 fully saturated rings. The number of ether oxygens (including phenoxy) is 2. The number of hydrogen-bond acceptors (Lipinski definition) is 6. The quantitative estimate of drug-likeness (QED) is 0.152. The fourth-order valence-electron chi connectivity index (χ4n) is 7.30. The lowest BCUT2D eigenvalue weighted by atomic mass is 9.59. The van der Waals surface area contributed by atoms with Crippen LogP contribution in [0.3, 0.4) is 0 Å². The van der Waals surface area contributed by atoms with Crippen LogP contribution in [0.1, 0.15) is 62.2 Å². The minimum atomic E-state index is -0.454. The maximum absolute atomic E-state index is 13.5. The molecule has 0 bridgehead atoms. The summed E-state index contributed by atoms with van der Waals surface area (Å²) in [6.45, 7) is 5.38. The van der Waals surface area contributed by atoms with Gasteiger partial charge in [-0.2, -0.15) is 5.26 Å². The molecule has 2 heterocycles. The van der Waals surface area contributed by atoms with Crippen molar-refractivity contribution < 1.29 is 23.0 Å². The van der Waals surface area contributed by atoms with Crippen LogP contribution in [-0.2, 0) is 0 Å². The smallest absolute Gasteiger partial charge is 0.161 e. The highest BCUT2D eigenvalue weighted by molar-refractivity contribution is 5.94. The molecule has 8 heteroatoms. The van der Waals surface area contributed by atoms with E-state index in [4.69, 9.17) is 9.47 Å². The third-order valence-electron chi connectivity index (χ3n) is 9.85. The van der Waals surface area contributed by atoms with Crippen molar-refractivity contribution in [3.63, 3.8) is 0 Å². The van der Waals surface area contributed by atoms with Crippen molar-refractivity contribution in [2.24, 2.45) is 17.3 Å². The number of piperidine rings is 2. The molecule has 2 saturated heterocycles. The second-order valence-corrected chi connectivity index (χ2v) is 12.4. The molecule has 0 radical (unpaired) electrons. The van der Waals surface area contributed by atoms with Crippen LogP contribution in [-0.4, -0.2) is 45.7 Å². The number of halogens is 2. The number of unbranched alkanes of at least 4 members (excludes halogenated alkanes) is 1. The van der Waals surface area contributed by atoms with Crippen LogP contribution in [0.25, 0.3) is 0 Å². The summed E-state index contributed by atoms with van der Waals surface area (Å²) >= 11 is 0. The van der Waals surface area contributed by atoms with E-state index >= 15 is 0 Å². The van der Waals surface area contributed by atoms with E-state index in [2.05, 4.69) is 15.9 Å². The Labute approximate surface area is 265 Å². The van der Waals surface area contributed by atoms with Crippen LogP contribution in [0, 0.1) is 40.2 Å². The molecule has 0 atom stereocenters. The number of ketones is 1. The molecule has 3 aromatic carbocycles. The Hall–Kier alpha value is -4.12. The molecule has 45 heavy (non-hydrogen) atoms. The third kappa shape index (κ3) is 7.58. The SMILES string of the molecule is COc1cc(C(C)=O)ccc1OCCCCC(C#N)(C1CCN(c2ccc(F)cc2)CC1)C1CCN(c2ccc(F)cc2)CC1. The van der Waals surface area contributed by atoms with Gasteiger partial charge in [0, 0.05) is 43.1 Å². The number of carbonyl (C=O) groups excluding carboxylic acids is 1. The first-order chi connectivity index (χ1) is 21.8. The van der Waals surface area contributed by atoms with E-state index in [0.29, 0.717) is 23.7 Å². The van der Waals surface area contributed by atoms with E-state index in [1.165, 1.54) is 31.2 Å². The predicted octanol–water partition coefficient (Wildman–Crippen LogP) is 8.07. The molecule has 0 unspecified atom stereocenters. The van der Waals surface area contributed by atoms with E-state index in [1.807, 2.05) is 24.3 Å². The van der Waals surface area contributed by atoms with Crippen molar-refractivity contribution in [3.8, 4) is 17.6 Å². The molecule has 3 aromatic rings. The number of methoxy groups -OCH3 is 1. The highest BCUT2D eigenvalue weighted by Crippen LogP contribution is 2.49. The lowest BCUT2D eigenvalue weighted by Gasteiger charge is -2.48. The van der Waals surface area contributed by atoms with Gasteiger partial charge in [0.1, 0.15) is 11.6 Å². The molecule has 0 N–H and O–H groups in total. The molecule has 238 valence electrons. The monoisotopic (exact) mass is 615 g/mol. The summed E-state index contributed by atoms with van der Waals surface area (Å²) in [6, 6.07) is 21.5. The van der Waals surface area contributed by atoms with E-state index in [1.54, 1.807) is 25.3 Å². The van der Waals surface area contributed by atoms with Gasteiger partial charge in [0.05, 0.1) is 25.2 Å². The van der Waals surface area contributed by atoms with Gasteiger partial charge in [0.2, 0.25) is 0 Å². The zero-order chi connectivity index (χ0) is 31.8. The second kappa shape index (κ2) is 14.8. The molecule has 0 spiro atoms. The summed E-state index contributed by atoms with van der Waals surface area (Å²) < 4.78 is 38.6. The summed E-state index contributed by atoms with van der Waals surface area (Å²) in [4.78, 5) is 16.4. The van der Waals surface area contributed by atoms with Crippen LogP contribution in [0.4, 0.5) is 20.2 Å². The number of anilines is 2. The first-order valence-electron chi connectivity index (χ1n) is 16.1. The van der Waals surface area contributed by atoms with Gasteiger partial charge in [-0.05, 0) is 130 Å². The Kier molecular flexibility index (Phi) is 10.6. The largest absolute Gasteiger partial charge is 0.493 e. The minimum Gasteiger partial charge on any atom is -0.493 e. The molecule has 6 nitrogen and oxygen atoms in total. The van der Waals surface area contributed by atoms with Crippen molar-refractivity contribution in [2.45, 2.75) is 51.9 Å². The average Bonchev–Trinajstić information content (AvgIpc) is 3.07. The van der Waals surface area contributed by atoms with Gasteiger partial charge in [-0.15, -0.1) is 0 Å². The fraction of sp³-hybridized carbons (Fsp3) is 0.459. The maximum Gasteiger partial charge on any atom is 0.161 e. The van der Waals surface area contributed by atoms with E-state index in [9.17, 15) is 18.8 Å². The highest BCUT2D eigenvalue weighted by atomic mass is 19.1. The summed E-state index contributed by atoms with van der Waals surface area (Å²) in [5, 5.41) is 10.9. The fourth-order valence-corrected chi connectivity index (χ4v) is 7.30. The van der Waals surface area contributed by atoms with Gasteiger partial charge in [0.15, 0.2) is 17.3 Å². The number of nitrogens with zero attached hydrogens (tertiary/aromatic N) is 3. The minimum absolute atomic E-state index is 0.0281. The lowest BCUT2D eigenvalue weighted by Crippen LogP contribution is -2.47. The summed E-state index contributed by atoms with van der Waals surface area (Å²) in [6.07, 6.45) is 6.12. The van der Waals surface area contributed by atoms with Crippen LogP contribution in [0.2, 0.25) is 0 Å². The van der Waals surface area contributed by atoms with Crippen molar-refractivity contribution in [2.75, 3.05) is 49.7 Å². The molecule has 2 aliphatic rings. The highest BCUT2D eigenvalue weighted by Gasteiger charge is 2.47. The zero-order valence-electron chi connectivity index (χ0n) is 26.3. The van der Waals surface area contributed by atoms with Gasteiger partial charge in [-0.3, -0.25) is 4.79 Å². The molecule has 0 aliphatic carbocycles. The zero-order valence-corrected chi connectivity index (χ0v) is 26.3. The Morgan fingerprint density at radius 2 is 1.33 bits per heavy atom. The third-order valence-corrected chi connectivity index (χ3v) is 9.85. The van der Waals surface area contributed by atoms with E-state index in [0.717, 1.165) is 82.5 Å². The van der Waals surface area contributed by atoms with Crippen molar-refractivity contribution in [3.05, 3.63) is 83.9 Å². The van der Waals surface area contributed by atoms with E-state index < -0.39 is 5.41 Å². The van der Waals surface area contributed by atoms with Crippen LogP contribution in [0.15, 0.2) is 66.7 Å². The van der Waals surface area contributed by atoms with Gasteiger partial charge >= 0.3 is 0 Å². The van der Waals surface area contributed by atoms with Crippen molar-refractivity contribution >= 4 is 17.2 Å². The number of nitriles is 1. The Bertz CT molecular complexity index is 1390. The normalized spacial score (nSPS) is 16.3. The van der Waals surface area contributed by atoms with Gasteiger partial charge in [0.25, 0.3) is 0 Å². The summed E-state index contributed by atoms with van der Waals surface area (Å²) in [5.74, 6) is 1.17. The Balaban J connectivity index is 1.25. The van der Waals surface area contributed by atoms with Crippen LogP contribution < -0.4 is 19.3 Å². The first-order valence-corrected chi connectivity index (χ1v) is 16.1. The topological polar surface area (TPSA) is 65.8 Å². The average molecular weight is 616 g/mol. The Morgan fingerprint density at radius 3 is 1.78 bits per heavy atom. The summed E-state index contributed by atoms with van der Waals surface area (Å²) in [7, 11) is 1.57. The van der Waals surface area contributed by atoms with Crippen LogP contribution >= 0.6 is 0 Å². The van der Waals surface area contributed by atoms with Gasteiger partial charge < -0.3 is 19.3 Å². The summed E-state index contributed by atoms with van der Waals surface area (Å²) in [5.41, 5.74) is 2.17. The molecular formula is C37H43F2N3O3. The number of benzene rings is 3. The Morgan fingerprint density at radius 1 is 0.822 bits per heavy atom. The first kappa shape index (κ1) is 32.3. The molecule has 0 aromatic heterocycles. The molecule has 0 amide bonds. The van der Waals surface area contributed by atoms with Gasteiger partial charge in [-0.25, -0.2) is 8.78 Å². The molecular weight excluding hydrogens is 572 g/mol.